The molecule has 0 aliphatic rings. The van der Waals surface area contributed by atoms with Crippen molar-refractivity contribution in [1.29, 1.82) is 0 Å². The number of anilines is 2. The summed E-state index contributed by atoms with van der Waals surface area (Å²) in [6, 6.07) is 9.05. The molecule has 0 N–H and O–H groups in total. The fraction of sp³-hybridized carbons (Fsp3) is 0.385. The molecule has 0 spiro atoms. The van der Waals surface area contributed by atoms with Crippen molar-refractivity contribution in [1.82, 2.24) is 10.2 Å². The number of hydrogen-bond donors (Lipinski definition) is 0. The average Bonchev–Trinajstić information content (AvgIpc) is 2.98. The maximum absolute atomic E-state index is 12.2. The van der Waals surface area contributed by atoms with Gasteiger partial charge in [-0.3, -0.25) is 0 Å². The maximum Gasteiger partial charge on any atom is 0.320 e. The van der Waals surface area contributed by atoms with Crippen LogP contribution in [0.1, 0.15) is 13.8 Å². The van der Waals surface area contributed by atoms with Gasteiger partial charge in [-0.15, -0.1) is 10.2 Å². The number of para-hydroxylation sites is 1. The molecular formula is C13H18N4O2S2. The smallest absolute Gasteiger partial charge is 0.320 e. The quantitative estimate of drug-likeness (QED) is 0.782. The van der Waals surface area contributed by atoms with Crippen molar-refractivity contribution in [3.05, 3.63) is 30.3 Å². The molecule has 0 saturated carbocycles. The predicted molar refractivity (Wildman–Crippen MR) is 87.1 cm³/mol. The second-order valence-electron chi connectivity index (χ2n) is 4.15. The van der Waals surface area contributed by atoms with Gasteiger partial charge in [0.25, 0.3) is 0 Å². The molecule has 0 aliphatic carbocycles. The van der Waals surface area contributed by atoms with Gasteiger partial charge >= 0.3 is 11.3 Å². The lowest BCUT2D eigenvalue weighted by atomic mass is 10.3. The van der Waals surface area contributed by atoms with Gasteiger partial charge in [-0.1, -0.05) is 29.5 Å². The molecule has 0 fully saturated rings. The first kappa shape index (κ1) is 15.7. The van der Waals surface area contributed by atoms with E-state index < -0.39 is 11.3 Å². The Labute approximate surface area is 131 Å². The molecule has 2 aromatic rings. The molecule has 1 unspecified atom stereocenters. The van der Waals surface area contributed by atoms with Gasteiger partial charge in [0.1, 0.15) is 5.75 Å². The molecule has 0 saturated heterocycles. The summed E-state index contributed by atoms with van der Waals surface area (Å²) >= 11 is -0.254. The number of hydrogen-bond acceptors (Lipinski definition) is 6. The minimum atomic E-state index is -1.65. The van der Waals surface area contributed by atoms with Crippen LogP contribution in [0.25, 0.3) is 0 Å². The SMILES string of the molecule is CCN(CC)c1nnc(N(C)S(=O)Oc2ccccc2)s1. The number of rotatable bonds is 7. The van der Waals surface area contributed by atoms with Crippen molar-refractivity contribution < 1.29 is 8.39 Å². The summed E-state index contributed by atoms with van der Waals surface area (Å²) in [7, 11) is 1.67. The third-order valence-corrected chi connectivity index (χ3v) is 4.97. The second-order valence-corrected chi connectivity index (χ2v) is 6.23. The van der Waals surface area contributed by atoms with Crippen LogP contribution in [0, 0.1) is 0 Å². The summed E-state index contributed by atoms with van der Waals surface area (Å²) in [4.78, 5) is 2.09. The van der Waals surface area contributed by atoms with E-state index in [-0.39, 0.29) is 0 Å². The van der Waals surface area contributed by atoms with E-state index in [1.54, 1.807) is 19.2 Å². The zero-order chi connectivity index (χ0) is 15.2. The van der Waals surface area contributed by atoms with Crippen molar-refractivity contribution >= 4 is 32.9 Å². The van der Waals surface area contributed by atoms with Gasteiger partial charge in [-0.25, -0.2) is 4.31 Å². The minimum Gasteiger partial charge on any atom is -0.385 e. The van der Waals surface area contributed by atoms with Crippen LogP contribution in [0.3, 0.4) is 0 Å². The van der Waals surface area contributed by atoms with E-state index in [2.05, 4.69) is 28.9 Å². The van der Waals surface area contributed by atoms with Gasteiger partial charge in [-0.2, -0.15) is 4.21 Å². The Balaban J connectivity index is 2.06. The van der Waals surface area contributed by atoms with E-state index in [0.29, 0.717) is 10.9 Å². The van der Waals surface area contributed by atoms with Gasteiger partial charge in [0.05, 0.1) is 0 Å². The summed E-state index contributed by atoms with van der Waals surface area (Å²) in [6.45, 7) is 5.84. The first-order chi connectivity index (χ1) is 10.2. The van der Waals surface area contributed by atoms with Crippen LogP contribution in [0.15, 0.2) is 30.3 Å². The molecule has 0 aliphatic heterocycles. The molecule has 21 heavy (non-hydrogen) atoms. The fourth-order valence-electron chi connectivity index (χ4n) is 1.64. The average molecular weight is 326 g/mol. The monoisotopic (exact) mass is 326 g/mol. The van der Waals surface area contributed by atoms with Gasteiger partial charge in [-0.05, 0) is 26.0 Å². The van der Waals surface area contributed by atoms with Crippen LogP contribution in [-0.4, -0.2) is 34.5 Å². The molecule has 6 nitrogen and oxygen atoms in total. The van der Waals surface area contributed by atoms with Crippen LogP contribution in [0.2, 0.25) is 0 Å². The van der Waals surface area contributed by atoms with E-state index in [4.69, 9.17) is 4.18 Å². The molecule has 2 rings (SSSR count). The molecule has 0 bridgehead atoms. The third-order valence-electron chi connectivity index (χ3n) is 2.84. The van der Waals surface area contributed by atoms with Gasteiger partial charge in [0, 0.05) is 20.1 Å². The summed E-state index contributed by atoms with van der Waals surface area (Å²) < 4.78 is 19.0. The normalized spacial score (nSPS) is 12.0. The van der Waals surface area contributed by atoms with Crippen LogP contribution in [0.5, 0.6) is 5.75 Å². The highest BCUT2D eigenvalue weighted by Crippen LogP contribution is 2.27. The van der Waals surface area contributed by atoms with Crippen LogP contribution in [0.4, 0.5) is 10.3 Å². The second kappa shape index (κ2) is 7.37. The molecule has 1 atom stereocenters. The van der Waals surface area contributed by atoms with E-state index in [1.807, 2.05) is 18.2 Å². The van der Waals surface area contributed by atoms with E-state index in [9.17, 15) is 4.21 Å². The summed E-state index contributed by atoms with van der Waals surface area (Å²) in [5, 5.41) is 9.59. The van der Waals surface area contributed by atoms with Crippen molar-refractivity contribution in [2.24, 2.45) is 0 Å². The Morgan fingerprint density at radius 3 is 2.38 bits per heavy atom. The lowest BCUT2D eigenvalue weighted by Crippen LogP contribution is -2.24. The van der Waals surface area contributed by atoms with Crippen molar-refractivity contribution in [3.8, 4) is 5.75 Å². The highest BCUT2D eigenvalue weighted by atomic mass is 32.2. The lowest BCUT2D eigenvalue weighted by molar-refractivity contribution is 0.560. The Morgan fingerprint density at radius 2 is 1.76 bits per heavy atom. The van der Waals surface area contributed by atoms with Gasteiger partial charge < -0.3 is 9.08 Å². The number of benzene rings is 1. The van der Waals surface area contributed by atoms with E-state index >= 15 is 0 Å². The standard InChI is InChI=1S/C13H18N4O2S2/c1-4-17(5-2)13-15-14-12(20-13)16(3)21(18)19-11-9-7-6-8-10-11/h6-10H,4-5H2,1-3H3. The van der Waals surface area contributed by atoms with Gasteiger partial charge in [0.2, 0.25) is 10.3 Å². The molecular weight excluding hydrogens is 308 g/mol. The number of aromatic nitrogens is 2. The summed E-state index contributed by atoms with van der Waals surface area (Å²) in [5.41, 5.74) is 0. The molecule has 1 aromatic heterocycles. The topological polar surface area (TPSA) is 58.6 Å². The van der Waals surface area contributed by atoms with Gasteiger partial charge in [0.15, 0.2) is 0 Å². The minimum absolute atomic E-state index is 0.552. The lowest BCUT2D eigenvalue weighted by Gasteiger charge is -2.16. The van der Waals surface area contributed by atoms with Crippen molar-refractivity contribution in [2.45, 2.75) is 13.8 Å². The third kappa shape index (κ3) is 3.92. The molecule has 8 heteroatoms. The van der Waals surface area contributed by atoms with Crippen molar-refractivity contribution in [3.63, 3.8) is 0 Å². The molecule has 0 amide bonds. The largest absolute Gasteiger partial charge is 0.385 e. The Kier molecular flexibility index (Phi) is 5.51. The van der Waals surface area contributed by atoms with E-state index in [0.717, 1.165) is 18.2 Å². The maximum atomic E-state index is 12.2. The molecule has 0 radical (unpaired) electrons. The first-order valence-electron chi connectivity index (χ1n) is 6.63. The fourth-order valence-corrected chi connectivity index (χ4v) is 3.32. The van der Waals surface area contributed by atoms with Crippen LogP contribution < -0.4 is 13.4 Å². The van der Waals surface area contributed by atoms with E-state index in [1.165, 1.54) is 15.6 Å². The zero-order valence-corrected chi connectivity index (χ0v) is 13.9. The highest BCUT2D eigenvalue weighted by Gasteiger charge is 2.18. The number of nitrogens with zero attached hydrogens (tertiary/aromatic N) is 4. The Hall–Kier alpha value is -1.67. The van der Waals surface area contributed by atoms with Crippen molar-refractivity contribution in [2.75, 3.05) is 29.3 Å². The molecule has 114 valence electrons. The predicted octanol–water partition coefficient (Wildman–Crippen LogP) is 2.48. The highest BCUT2D eigenvalue weighted by molar-refractivity contribution is 7.82. The Morgan fingerprint density at radius 1 is 1.14 bits per heavy atom. The summed E-state index contributed by atoms with van der Waals surface area (Å²) in [5.74, 6) is 0.552. The van der Waals surface area contributed by atoms with Crippen LogP contribution >= 0.6 is 11.3 Å². The zero-order valence-electron chi connectivity index (χ0n) is 12.2. The summed E-state index contributed by atoms with van der Waals surface area (Å²) in [6.07, 6.45) is 0. The Bertz CT molecular complexity index is 587. The molecule has 1 heterocycles. The van der Waals surface area contributed by atoms with Crippen LogP contribution in [-0.2, 0) is 11.3 Å². The first-order valence-corrected chi connectivity index (χ1v) is 8.48. The molecule has 1 aromatic carbocycles.